The van der Waals surface area contributed by atoms with Crippen molar-refractivity contribution in [1.29, 1.82) is 0 Å². The van der Waals surface area contributed by atoms with Crippen LogP contribution in [0, 0.1) is 0 Å². The SMILES string of the molecule is CCN(CC)CCN(C)Cc1ccc2c(O)occ2n1. The van der Waals surface area contributed by atoms with Crippen LogP contribution in [0.3, 0.4) is 0 Å². The van der Waals surface area contributed by atoms with Gasteiger partial charge in [-0.2, -0.15) is 0 Å². The van der Waals surface area contributed by atoms with Crippen molar-refractivity contribution < 1.29 is 9.52 Å². The molecule has 110 valence electrons. The molecule has 0 spiro atoms. The van der Waals surface area contributed by atoms with Gasteiger partial charge in [-0.25, -0.2) is 4.98 Å². The molecule has 0 aliphatic heterocycles. The molecule has 2 aromatic heterocycles. The van der Waals surface area contributed by atoms with Crippen LogP contribution in [0.15, 0.2) is 22.8 Å². The summed E-state index contributed by atoms with van der Waals surface area (Å²) in [6.45, 7) is 9.42. The second-order valence-corrected chi connectivity index (χ2v) is 5.04. The van der Waals surface area contributed by atoms with Crippen LogP contribution in [0.5, 0.6) is 5.95 Å². The zero-order valence-corrected chi connectivity index (χ0v) is 12.5. The number of aromatic hydroxyl groups is 1. The topological polar surface area (TPSA) is 52.7 Å². The van der Waals surface area contributed by atoms with Gasteiger partial charge in [0.2, 0.25) is 0 Å². The predicted octanol–water partition coefficient (Wildman–Crippen LogP) is 2.31. The fourth-order valence-corrected chi connectivity index (χ4v) is 2.26. The Kier molecular flexibility index (Phi) is 4.98. The molecule has 2 heterocycles. The number of hydrogen-bond donors (Lipinski definition) is 1. The van der Waals surface area contributed by atoms with Crippen LogP contribution in [-0.4, -0.2) is 53.1 Å². The summed E-state index contributed by atoms with van der Waals surface area (Å²) in [5.74, 6) is -0.0612. The standard InChI is InChI=1S/C15H23N3O2/c1-4-18(5-2)9-8-17(3)10-12-6-7-13-14(16-12)11-20-15(13)19/h6-7,11,19H,4-5,8-10H2,1-3H3. The van der Waals surface area contributed by atoms with Crippen LogP contribution in [0.1, 0.15) is 19.5 Å². The molecule has 2 rings (SSSR count). The molecule has 0 aliphatic rings. The molecule has 0 saturated carbocycles. The van der Waals surface area contributed by atoms with E-state index >= 15 is 0 Å². The van der Waals surface area contributed by atoms with Crippen LogP contribution >= 0.6 is 0 Å². The average Bonchev–Trinajstić information content (AvgIpc) is 2.81. The van der Waals surface area contributed by atoms with Crippen LogP contribution in [0.2, 0.25) is 0 Å². The zero-order valence-electron chi connectivity index (χ0n) is 12.5. The van der Waals surface area contributed by atoms with Gasteiger partial charge in [-0.1, -0.05) is 13.8 Å². The first-order valence-corrected chi connectivity index (χ1v) is 7.11. The summed E-state index contributed by atoms with van der Waals surface area (Å²) in [6.07, 6.45) is 1.49. The zero-order chi connectivity index (χ0) is 14.5. The summed E-state index contributed by atoms with van der Waals surface area (Å²) in [5.41, 5.74) is 1.69. The van der Waals surface area contributed by atoms with Crippen molar-refractivity contribution in [2.75, 3.05) is 33.2 Å². The minimum Gasteiger partial charge on any atom is -0.480 e. The maximum absolute atomic E-state index is 9.46. The smallest absolute Gasteiger partial charge is 0.291 e. The minimum absolute atomic E-state index is 0.0612. The minimum atomic E-state index is -0.0612. The highest BCUT2D eigenvalue weighted by molar-refractivity contribution is 5.82. The van der Waals surface area contributed by atoms with E-state index in [1.807, 2.05) is 12.1 Å². The molecule has 0 aromatic carbocycles. The Morgan fingerprint density at radius 1 is 1.20 bits per heavy atom. The first-order chi connectivity index (χ1) is 9.63. The van der Waals surface area contributed by atoms with Gasteiger partial charge in [0.05, 0.1) is 11.1 Å². The fraction of sp³-hybridized carbons (Fsp3) is 0.533. The highest BCUT2D eigenvalue weighted by atomic mass is 16.5. The lowest BCUT2D eigenvalue weighted by molar-refractivity contribution is 0.235. The number of rotatable bonds is 7. The molecule has 0 amide bonds. The molecule has 0 fully saturated rings. The molecule has 0 bridgehead atoms. The second-order valence-electron chi connectivity index (χ2n) is 5.04. The van der Waals surface area contributed by atoms with E-state index in [4.69, 9.17) is 4.42 Å². The normalized spacial score (nSPS) is 11.8. The Morgan fingerprint density at radius 2 is 1.95 bits per heavy atom. The third kappa shape index (κ3) is 3.49. The van der Waals surface area contributed by atoms with Gasteiger partial charge < -0.3 is 14.4 Å². The summed E-state index contributed by atoms with van der Waals surface area (Å²) in [6, 6.07) is 3.79. The van der Waals surface area contributed by atoms with Crippen LogP contribution in [0.4, 0.5) is 0 Å². The molecule has 1 N–H and O–H groups in total. The van der Waals surface area contributed by atoms with E-state index in [-0.39, 0.29) is 5.95 Å². The Bertz CT molecular complexity index is 549. The Labute approximate surface area is 119 Å². The van der Waals surface area contributed by atoms with Gasteiger partial charge in [-0.3, -0.25) is 4.90 Å². The van der Waals surface area contributed by atoms with Gasteiger partial charge >= 0.3 is 0 Å². The highest BCUT2D eigenvalue weighted by Crippen LogP contribution is 2.25. The summed E-state index contributed by atoms with van der Waals surface area (Å²) < 4.78 is 4.96. The fourth-order valence-electron chi connectivity index (χ4n) is 2.26. The van der Waals surface area contributed by atoms with Crippen LogP contribution in [-0.2, 0) is 6.54 Å². The van der Waals surface area contributed by atoms with E-state index in [2.05, 4.69) is 35.7 Å². The molecular weight excluding hydrogens is 254 g/mol. The van der Waals surface area contributed by atoms with Crippen LogP contribution in [0.25, 0.3) is 10.9 Å². The summed E-state index contributed by atoms with van der Waals surface area (Å²) in [7, 11) is 2.10. The molecule has 2 aromatic rings. The summed E-state index contributed by atoms with van der Waals surface area (Å²) in [4.78, 5) is 9.15. The van der Waals surface area contributed by atoms with E-state index in [1.165, 1.54) is 6.26 Å². The van der Waals surface area contributed by atoms with Gasteiger partial charge in [-0.15, -0.1) is 0 Å². The number of furan rings is 1. The van der Waals surface area contributed by atoms with E-state index in [0.29, 0.717) is 10.9 Å². The highest BCUT2D eigenvalue weighted by Gasteiger charge is 2.08. The average molecular weight is 277 g/mol. The Hall–Kier alpha value is -1.59. The number of hydrogen-bond acceptors (Lipinski definition) is 5. The van der Waals surface area contributed by atoms with Gasteiger partial charge in [0.25, 0.3) is 5.95 Å². The third-order valence-electron chi connectivity index (χ3n) is 3.62. The lowest BCUT2D eigenvalue weighted by Crippen LogP contribution is -2.32. The van der Waals surface area contributed by atoms with Crippen molar-refractivity contribution in [2.24, 2.45) is 0 Å². The van der Waals surface area contributed by atoms with E-state index < -0.39 is 0 Å². The molecule has 5 heteroatoms. The number of likely N-dealkylation sites (N-methyl/N-ethyl adjacent to an activating group) is 2. The van der Waals surface area contributed by atoms with Gasteiger partial charge in [0.15, 0.2) is 0 Å². The molecule has 0 aliphatic carbocycles. The van der Waals surface area contributed by atoms with Crippen molar-refractivity contribution >= 4 is 10.9 Å². The Balaban J connectivity index is 1.93. The molecular formula is C15H23N3O2. The quantitative estimate of drug-likeness (QED) is 0.841. The summed E-state index contributed by atoms with van der Waals surface area (Å²) in [5, 5.41) is 10.1. The van der Waals surface area contributed by atoms with Crippen molar-refractivity contribution in [3.05, 3.63) is 24.1 Å². The van der Waals surface area contributed by atoms with E-state index in [9.17, 15) is 5.11 Å². The number of nitrogens with zero attached hydrogens (tertiary/aromatic N) is 3. The monoisotopic (exact) mass is 277 g/mol. The van der Waals surface area contributed by atoms with Crippen molar-refractivity contribution in [3.63, 3.8) is 0 Å². The predicted molar refractivity (Wildman–Crippen MR) is 79.8 cm³/mol. The maximum Gasteiger partial charge on any atom is 0.291 e. The lowest BCUT2D eigenvalue weighted by atomic mass is 10.2. The molecule has 0 radical (unpaired) electrons. The van der Waals surface area contributed by atoms with Crippen molar-refractivity contribution in [2.45, 2.75) is 20.4 Å². The maximum atomic E-state index is 9.46. The van der Waals surface area contributed by atoms with Gasteiger partial charge in [-0.05, 0) is 32.3 Å². The van der Waals surface area contributed by atoms with E-state index in [0.717, 1.165) is 38.4 Å². The number of fused-ring (bicyclic) bond motifs is 1. The largest absolute Gasteiger partial charge is 0.480 e. The molecule has 20 heavy (non-hydrogen) atoms. The molecule has 0 atom stereocenters. The first-order valence-electron chi connectivity index (χ1n) is 7.11. The van der Waals surface area contributed by atoms with Gasteiger partial charge in [0, 0.05) is 19.6 Å². The van der Waals surface area contributed by atoms with Crippen LogP contribution < -0.4 is 0 Å². The number of aromatic nitrogens is 1. The van der Waals surface area contributed by atoms with Crippen molar-refractivity contribution in [3.8, 4) is 5.95 Å². The lowest BCUT2D eigenvalue weighted by Gasteiger charge is -2.22. The molecule has 0 saturated heterocycles. The number of pyridine rings is 1. The molecule has 5 nitrogen and oxygen atoms in total. The van der Waals surface area contributed by atoms with E-state index in [1.54, 1.807) is 0 Å². The third-order valence-corrected chi connectivity index (χ3v) is 3.62. The Morgan fingerprint density at radius 3 is 2.65 bits per heavy atom. The first kappa shape index (κ1) is 14.8. The second kappa shape index (κ2) is 6.72. The molecule has 0 unspecified atom stereocenters. The van der Waals surface area contributed by atoms with Crippen molar-refractivity contribution in [1.82, 2.24) is 14.8 Å². The summed E-state index contributed by atoms with van der Waals surface area (Å²) >= 11 is 0. The van der Waals surface area contributed by atoms with Gasteiger partial charge in [0.1, 0.15) is 11.8 Å².